The molecule has 3 unspecified atom stereocenters. The van der Waals surface area contributed by atoms with Gasteiger partial charge in [0.1, 0.15) is 0 Å². The molecule has 3 rings (SSSR count). The molecule has 106 valence electrons. The molecule has 1 aromatic heterocycles. The first kappa shape index (κ1) is 13.4. The monoisotopic (exact) mass is 269 g/mol. The van der Waals surface area contributed by atoms with Crippen molar-refractivity contribution in [1.29, 1.82) is 0 Å². The second-order valence-electron chi connectivity index (χ2n) is 6.10. The topological polar surface area (TPSA) is 43.8 Å². The van der Waals surface area contributed by atoms with Crippen LogP contribution >= 0.6 is 0 Å². The standard InChI is InChI=1S/C17H23N3/c1-10-9-16(20-13(4)11(2)12(3)19-20)17(18)15-8-6-5-7-14(10)15/h5-8,10,16-17H,9,18H2,1-4H3. The molecule has 20 heavy (non-hydrogen) atoms. The fourth-order valence-electron chi connectivity index (χ4n) is 3.43. The molecule has 3 atom stereocenters. The summed E-state index contributed by atoms with van der Waals surface area (Å²) in [7, 11) is 0. The lowest BCUT2D eigenvalue weighted by Gasteiger charge is -2.35. The fraction of sp³-hybridized carbons (Fsp3) is 0.471. The van der Waals surface area contributed by atoms with E-state index >= 15 is 0 Å². The maximum absolute atomic E-state index is 6.55. The predicted molar refractivity (Wildman–Crippen MR) is 81.9 cm³/mol. The number of nitrogens with two attached hydrogens (primary N) is 1. The highest BCUT2D eigenvalue weighted by atomic mass is 15.3. The summed E-state index contributed by atoms with van der Waals surface area (Å²) in [6.07, 6.45) is 1.06. The number of rotatable bonds is 1. The third kappa shape index (κ3) is 1.88. The van der Waals surface area contributed by atoms with Crippen LogP contribution in [0.5, 0.6) is 0 Å². The van der Waals surface area contributed by atoms with Gasteiger partial charge in [-0.15, -0.1) is 0 Å². The first-order valence-corrected chi connectivity index (χ1v) is 7.37. The van der Waals surface area contributed by atoms with Gasteiger partial charge in [0.15, 0.2) is 0 Å². The van der Waals surface area contributed by atoms with E-state index < -0.39 is 0 Å². The molecule has 1 aliphatic carbocycles. The lowest BCUT2D eigenvalue weighted by Crippen LogP contribution is -2.32. The number of hydrogen-bond donors (Lipinski definition) is 1. The second kappa shape index (κ2) is 4.74. The summed E-state index contributed by atoms with van der Waals surface area (Å²) in [5, 5.41) is 4.73. The maximum Gasteiger partial charge on any atom is 0.0720 e. The summed E-state index contributed by atoms with van der Waals surface area (Å²) in [6, 6.07) is 8.85. The molecule has 2 aromatic rings. The SMILES string of the molecule is Cc1nn(C2CC(C)c3ccccc3C2N)c(C)c1C. The molecule has 1 aliphatic rings. The second-order valence-corrected chi connectivity index (χ2v) is 6.10. The Morgan fingerprint density at radius 2 is 1.80 bits per heavy atom. The Labute approximate surface area is 120 Å². The molecular weight excluding hydrogens is 246 g/mol. The summed E-state index contributed by atoms with van der Waals surface area (Å²) in [6.45, 7) is 8.65. The molecule has 3 nitrogen and oxygen atoms in total. The number of fused-ring (bicyclic) bond motifs is 1. The number of nitrogens with zero attached hydrogens (tertiary/aromatic N) is 2. The summed E-state index contributed by atoms with van der Waals surface area (Å²) >= 11 is 0. The predicted octanol–water partition coefficient (Wildman–Crippen LogP) is 3.56. The van der Waals surface area contributed by atoms with Gasteiger partial charge in [-0.05, 0) is 49.8 Å². The maximum atomic E-state index is 6.55. The molecule has 0 bridgehead atoms. The normalized spacial score (nSPS) is 25.6. The van der Waals surface area contributed by atoms with Crippen LogP contribution in [-0.4, -0.2) is 9.78 Å². The average molecular weight is 269 g/mol. The molecule has 0 amide bonds. The zero-order valence-corrected chi connectivity index (χ0v) is 12.7. The summed E-state index contributed by atoms with van der Waals surface area (Å²) in [5.74, 6) is 0.528. The third-order valence-electron chi connectivity index (χ3n) is 4.90. The van der Waals surface area contributed by atoms with Crippen LogP contribution in [-0.2, 0) is 0 Å². The largest absolute Gasteiger partial charge is 0.322 e. The van der Waals surface area contributed by atoms with E-state index in [2.05, 4.69) is 56.6 Å². The van der Waals surface area contributed by atoms with E-state index in [9.17, 15) is 0 Å². The fourth-order valence-corrected chi connectivity index (χ4v) is 3.43. The quantitative estimate of drug-likeness (QED) is 0.860. The Morgan fingerprint density at radius 1 is 1.15 bits per heavy atom. The van der Waals surface area contributed by atoms with Gasteiger partial charge in [-0.1, -0.05) is 31.2 Å². The summed E-state index contributed by atoms with van der Waals surface area (Å²) < 4.78 is 2.15. The van der Waals surface area contributed by atoms with E-state index in [1.54, 1.807) is 0 Å². The summed E-state index contributed by atoms with van der Waals surface area (Å²) in [5.41, 5.74) is 12.9. The van der Waals surface area contributed by atoms with Crippen molar-refractivity contribution in [1.82, 2.24) is 9.78 Å². The van der Waals surface area contributed by atoms with Crippen molar-refractivity contribution < 1.29 is 0 Å². The highest BCUT2D eigenvalue weighted by Gasteiger charge is 2.33. The van der Waals surface area contributed by atoms with Gasteiger partial charge >= 0.3 is 0 Å². The molecule has 0 saturated carbocycles. The minimum atomic E-state index is 0.0276. The first-order chi connectivity index (χ1) is 9.50. The zero-order valence-electron chi connectivity index (χ0n) is 12.7. The van der Waals surface area contributed by atoms with Crippen molar-refractivity contribution in [3.05, 3.63) is 52.3 Å². The smallest absolute Gasteiger partial charge is 0.0720 e. The number of benzene rings is 1. The van der Waals surface area contributed by atoms with Crippen LogP contribution in [0, 0.1) is 20.8 Å². The van der Waals surface area contributed by atoms with Gasteiger partial charge in [0.05, 0.1) is 17.8 Å². The van der Waals surface area contributed by atoms with Gasteiger partial charge in [-0.2, -0.15) is 5.10 Å². The molecule has 3 heteroatoms. The van der Waals surface area contributed by atoms with Crippen LogP contribution in [0.2, 0.25) is 0 Å². The molecular formula is C17H23N3. The highest BCUT2D eigenvalue weighted by Crippen LogP contribution is 2.42. The van der Waals surface area contributed by atoms with E-state index in [1.165, 1.54) is 22.4 Å². The van der Waals surface area contributed by atoms with Crippen molar-refractivity contribution in [3.8, 4) is 0 Å². The Balaban J connectivity index is 2.07. The van der Waals surface area contributed by atoms with Crippen molar-refractivity contribution >= 4 is 0 Å². The van der Waals surface area contributed by atoms with Gasteiger partial charge in [-0.25, -0.2) is 0 Å². The van der Waals surface area contributed by atoms with E-state index in [0.29, 0.717) is 5.92 Å². The van der Waals surface area contributed by atoms with Crippen LogP contribution in [0.15, 0.2) is 24.3 Å². The minimum absolute atomic E-state index is 0.0276. The van der Waals surface area contributed by atoms with Crippen LogP contribution in [0.1, 0.15) is 59.4 Å². The van der Waals surface area contributed by atoms with Crippen LogP contribution < -0.4 is 5.73 Å². The summed E-state index contributed by atoms with van der Waals surface area (Å²) in [4.78, 5) is 0. The Kier molecular flexibility index (Phi) is 3.17. The van der Waals surface area contributed by atoms with E-state index in [0.717, 1.165) is 12.1 Å². The Morgan fingerprint density at radius 3 is 2.40 bits per heavy atom. The van der Waals surface area contributed by atoms with Gasteiger partial charge in [0.2, 0.25) is 0 Å². The van der Waals surface area contributed by atoms with Crippen LogP contribution in [0.4, 0.5) is 0 Å². The van der Waals surface area contributed by atoms with E-state index in [-0.39, 0.29) is 12.1 Å². The first-order valence-electron chi connectivity index (χ1n) is 7.37. The third-order valence-corrected chi connectivity index (χ3v) is 4.90. The lowest BCUT2D eigenvalue weighted by molar-refractivity contribution is 0.313. The van der Waals surface area contributed by atoms with Crippen molar-refractivity contribution in [2.75, 3.05) is 0 Å². The highest BCUT2D eigenvalue weighted by molar-refractivity contribution is 5.36. The molecule has 0 saturated heterocycles. The van der Waals surface area contributed by atoms with E-state index in [1.807, 2.05) is 0 Å². The van der Waals surface area contributed by atoms with Gasteiger partial charge in [0, 0.05) is 5.69 Å². The minimum Gasteiger partial charge on any atom is -0.322 e. The van der Waals surface area contributed by atoms with Crippen molar-refractivity contribution in [3.63, 3.8) is 0 Å². The average Bonchev–Trinajstić information content (AvgIpc) is 2.70. The Bertz CT molecular complexity index is 642. The van der Waals surface area contributed by atoms with Gasteiger partial charge in [0.25, 0.3) is 0 Å². The Hall–Kier alpha value is -1.61. The van der Waals surface area contributed by atoms with Crippen LogP contribution in [0.3, 0.4) is 0 Å². The van der Waals surface area contributed by atoms with Crippen LogP contribution in [0.25, 0.3) is 0 Å². The van der Waals surface area contributed by atoms with Gasteiger partial charge < -0.3 is 5.73 Å². The zero-order chi connectivity index (χ0) is 14.4. The van der Waals surface area contributed by atoms with Crippen molar-refractivity contribution in [2.45, 2.75) is 52.1 Å². The number of aryl methyl sites for hydroxylation is 1. The molecule has 1 heterocycles. The number of aromatic nitrogens is 2. The molecule has 0 aliphatic heterocycles. The molecule has 0 radical (unpaired) electrons. The molecule has 2 N–H and O–H groups in total. The van der Waals surface area contributed by atoms with Gasteiger partial charge in [-0.3, -0.25) is 4.68 Å². The van der Waals surface area contributed by atoms with Crippen molar-refractivity contribution in [2.24, 2.45) is 5.73 Å². The molecule has 1 aromatic carbocycles. The molecule has 0 fully saturated rings. The van der Waals surface area contributed by atoms with E-state index in [4.69, 9.17) is 10.8 Å². The lowest BCUT2D eigenvalue weighted by atomic mass is 9.78. The number of hydrogen-bond acceptors (Lipinski definition) is 2. The molecule has 0 spiro atoms.